The maximum atomic E-state index is 10.9. The number of benzene rings is 1. The Morgan fingerprint density at radius 2 is 2.00 bits per heavy atom. The van der Waals surface area contributed by atoms with E-state index in [0.717, 1.165) is 10.0 Å². The zero-order chi connectivity index (χ0) is 9.97. The van der Waals surface area contributed by atoms with Crippen LogP contribution in [0.1, 0.15) is 5.56 Å². The molecule has 14 heavy (non-hydrogen) atoms. The molecule has 1 heterocycles. The summed E-state index contributed by atoms with van der Waals surface area (Å²) in [5.74, 6) is 0.572. The summed E-state index contributed by atoms with van der Waals surface area (Å²) in [5.41, 5.74) is 0.903. The molecule has 0 N–H and O–H groups in total. The molecule has 0 atom stereocenters. The highest BCUT2D eigenvalue weighted by atomic mass is 79.9. The minimum atomic E-state index is 0.0193. The topological polar surface area (TPSA) is 38.7 Å². The SMILES string of the molecule is O=C1CN=C(c2ccc(Br)cc2)OC1. The van der Waals surface area contributed by atoms with Gasteiger partial charge in [0.15, 0.2) is 12.4 Å². The zero-order valence-corrected chi connectivity index (χ0v) is 8.95. The van der Waals surface area contributed by atoms with Gasteiger partial charge in [-0.05, 0) is 24.3 Å². The van der Waals surface area contributed by atoms with Gasteiger partial charge in [-0.3, -0.25) is 4.79 Å². The van der Waals surface area contributed by atoms with Crippen LogP contribution in [0.3, 0.4) is 0 Å². The molecule has 0 radical (unpaired) electrons. The lowest BCUT2D eigenvalue weighted by Crippen LogP contribution is -2.23. The molecule has 0 spiro atoms. The molecule has 4 heteroatoms. The van der Waals surface area contributed by atoms with Crippen molar-refractivity contribution < 1.29 is 9.53 Å². The number of Topliss-reactive ketones (excluding diaryl/α,β-unsaturated/α-hetero) is 1. The number of nitrogens with zero attached hydrogens (tertiary/aromatic N) is 1. The molecule has 1 aliphatic heterocycles. The summed E-state index contributed by atoms with van der Waals surface area (Å²) >= 11 is 3.34. The average molecular weight is 254 g/mol. The highest BCUT2D eigenvalue weighted by molar-refractivity contribution is 9.10. The zero-order valence-electron chi connectivity index (χ0n) is 7.37. The molecule has 0 amide bonds. The molecule has 0 aromatic heterocycles. The number of ketones is 1. The molecule has 0 bridgehead atoms. The molecule has 3 nitrogen and oxygen atoms in total. The Morgan fingerprint density at radius 1 is 1.29 bits per heavy atom. The summed E-state index contributed by atoms with van der Waals surface area (Å²) in [6.45, 7) is 0.361. The second-order valence-corrected chi connectivity index (χ2v) is 3.87. The Kier molecular flexibility index (Phi) is 2.63. The molecular formula is C10H8BrNO2. The lowest BCUT2D eigenvalue weighted by molar-refractivity contribution is -0.120. The fourth-order valence-electron chi connectivity index (χ4n) is 1.17. The van der Waals surface area contributed by atoms with Gasteiger partial charge >= 0.3 is 0 Å². The van der Waals surface area contributed by atoms with E-state index in [1.807, 2.05) is 24.3 Å². The third-order valence-corrected chi connectivity index (χ3v) is 2.39. The largest absolute Gasteiger partial charge is 0.469 e. The molecule has 0 aliphatic carbocycles. The molecule has 0 fully saturated rings. The summed E-state index contributed by atoms with van der Waals surface area (Å²) in [6.07, 6.45) is 0. The van der Waals surface area contributed by atoms with E-state index in [9.17, 15) is 4.79 Å². The van der Waals surface area contributed by atoms with Crippen LogP contribution in [0.15, 0.2) is 33.7 Å². The highest BCUT2D eigenvalue weighted by Crippen LogP contribution is 2.12. The molecule has 72 valence electrons. The van der Waals surface area contributed by atoms with Crippen LogP contribution in [-0.2, 0) is 9.53 Å². The van der Waals surface area contributed by atoms with Crippen molar-refractivity contribution >= 4 is 27.6 Å². The average Bonchev–Trinajstić information content (AvgIpc) is 2.21. The fourth-order valence-corrected chi connectivity index (χ4v) is 1.43. The Hall–Kier alpha value is -1.16. The van der Waals surface area contributed by atoms with Gasteiger partial charge < -0.3 is 4.74 Å². The van der Waals surface area contributed by atoms with Crippen LogP contribution < -0.4 is 0 Å². The van der Waals surface area contributed by atoms with Gasteiger partial charge in [-0.25, -0.2) is 4.99 Å². The Bertz CT molecular complexity index is 384. The van der Waals surface area contributed by atoms with Gasteiger partial charge in [-0.1, -0.05) is 15.9 Å². The van der Waals surface area contributed by atoms with E-state index in [1.165, 1.54) is 0 Å². The second-order valence-electron chi connectivity index (χ2n) is 2.96. The molecule has 0 saturated carbocycles. The molecule has 0 unspecified atom stereocenters. The maximum absolute atomic E-state index is 10.9. The molecule has 1 aliphatic rings. The minimum Gasteiger partial charge on any atom is -0.469 e. The third kappa shape index (κ3) is 2.01. The molecule has 0 saturated heterocycles. The van der Waals surface area contributed by atoms with E-state index in [4.69, 9.17) is 4.74 Å². The van der Waals surface area contributed by atoms with Crippen molar-refractivity contribution in [1.82, 2.24) is 0 Å². The lowest BCUT2D eigenvalue weighted by atomic mass is 10.2. The first-order chi connectivity index (χ1) is 6.75. The van der Waals surface area contributed by atoms with E-state index >= 15 is 0 Å². The van der Waals surface area contributed by atoms with Crippen LogP contribution in [0.4, 0.5) is 0 Å². The van der Waals surface area contributed by atoms with Crippen molar-refractivity contribution in [3.05, 3.63) is 34.3 Å². The number of hydrogen-bond donors (Lipinski definition) is 0. The highest BCUT2D eigenvalue weighted by Gasteiger charge is 2.13. The quantitative estimate of drug-likeness (QED) is 0.766. The fraction of sp³-hybridized carbons (Fsp3) is 0.200. The molecule has 1 aromatic carbocycles. The third-order valence-electron chi connectivity index (χ3n) is 1.86. The van der Waals surface area contributed by atoms with Crippen molar-refractivity contribution in [3.63, 3.8) is 0 Å². The minimum absolute atomic E-state index is 0.0193. The van der Waals surface area contributed by atoms with Crippen molar-refractivity contribution in [3.8, 4) is 0 Å². The summed E-state index contributed by atoms with van der Waals surface area (Å²) in [4.78, 5) is 14.9. The number of rotatable bonds is 1. The van der Waals surface area contributed by atoms with Crippen LogP contribution >= 0.6 is 15.9 Å². The normalized spacial score (nSPS) is 16.1. The van der Waals surface area contributed by atoms with Crippen LogP contribution in [-0.4, -0.2) is 24.8 Å². The molecule has 2 rings (SSSR count). The Morgan fingerprint density at radius 3 is 2.57 bits per heavy atom. The van der Waals surface area contributed by atoms with Gasteiger partial charge in [0.05, 0.1) is 0 Å². The Balaban J connectivity index is 2.23. The monoisotopic (exact) mass is 253 g/mol. The van der Waals surface area contributed by atoms with Gasteiger partial charge in [-0.2, -0.15) is 0 Å². The number of ether oxygens (including phenoxy) is 1. The number of carbonyl (C=O) groups excluding carboxylic acids is 1. The number of aliphatic imine (C=N–C) groups is 1. The van der Waals surface area contributed by atoms with Crippen molar-refractivity contribution in [2.45, 2.75) is 0 Å². The predicted octanol–water partition coefficient (Wildman–Crippen LogP) is 1.80. The Labute approximate surface area is 89.9 Å². The second kappa shape index (κ2) is 3.92. The van der Waals surface area contributed by atoms with Gasteiger partial charge in [-0.15, -0.1) is 0 Å². The number of carbonyl (C=O) groups is 1. The predicted molar refractivity (Wildman–Crippen MR) is 56.5 cm³/mol. The van der Waals surface area contributed by atoms with Crippen molar-refractivity contribution in [2.75, 3.05) is 13.2 Å². The van der Waals surface area contributed by atoms with E-state index in [1.54, 1.807) is 0 Å². The lowest BCUT2D eigenvalue weighted by Gasteiger charge is -2.12. The van der Waals surface area contributed by atoms with Gasteiger partial charge in [0.1, 0.15) is 6.54 Å². The standard InChI is InChI=1S/C10H8BrNO2/c11-8-3-1-7(2-4-8)10-12-5-9(13)6-14-10/h1-4H,5-6H2. The summed E-state index contributed by atoms with van der Waals surface area (Å²) in [5, 5.41) is 0. The van der Waals surface area contributed by atoms with E-state index in [-0.39, 0.29) is 18.9 Å². The van der Waals surface area contributed by atoms with Crippen LogP contribution in [0.2, 0.25) is 0 Å². The van der Waals surface area contributed by atoms with Crippen LogP contribution in [0.25, 0.3) is 0 Å². The summed E-state index contributed by atoms with van der Waals surface area (Å²) < 4.78 is 6.21. The summed E-state index contributed by atoms with van der Waals surface area (Å²) in [7, 11) is 0. The first kappa shape index (κ1) is 9.40. The summed E-state index contributed by atoms with van der Waals surface area (Å²) in [6, 6.07) is 7.63. The van der Waals surface area contributed by atoms with Crippen molar-refractivity contribution in [1.29, 1.82) is 0 Å². The van der Waals surface area contributed by atoms with Crippen LogP contribution in [0, 0.1) is 0 Å². The first-order valence-electron chi connectivity index (χ1n) is 4.20. The number of halogens is 1. The molecular weight excluding hydrogens is 246 g/mol. The van der Waals surface area contributed by atoms with Crippen LogP contribution in [0.5, 0.6) is 0 Å². The van der Waals surface area contributed by atoms with Crippen molar-refractivity contribution in [2.24, 2.45) is 4.99 Å². The number of hydrogen-bond acceptors (Lipinski definition) is 3. The van der Waals surface area contributed by atoms with E-state index in [0.29, 0.717) is 5.90 Å². The van der Waals surface area contributed by atoms with Gasteiger partial charge in [0.2, 0.25) is 5.90 Å². The van der Waals surface area contributed by atoms with Gasteiger partial charge in [0, 0.05) is 10.0 Å². The molecule has 1 aromatic rings. The van der Waals surface area contributed by atoms with E-state index < -0.39 is 0 Å². The first-order valence-corrected chi connectivity index (χ1v) is 5.00. The maximum Gasteiger partial charge on any atom is 0.216 e. The smallest absolute Gasteiger partial charge is 0.216 e. The van der Waals surface area contributed by atoms with Gasteiger partial charge in [0.25, 0.3) is 0 Å². The van der Waals surface area contributed by atoms with E-state index in [2.05, 4.69) is 20.9 Å².